The lowest BCUT2D eigenvalue weighted by molar-refractivity contribution is 0.187. The zero-order valence-electron chi connectivity index (χ0n) is 14.2. The van der Waals surface area contributed by atoms with Crippen molar-refractivity contribution < 1.29 is 19.0 Å². The van der Waals surface area contributed by atoms with Gasteiger partial charge in [-0.15, -0.1) is 11.3 Å². The van der Waals surface area contributed by atoms with E-state index in [4.69, 9.17) is 9.47 Å². The molecule has 2 aromatic carbocycles. The number of amides is 1. The maximum absolute atomic E-state index is 11.3. The summed E-state index contributed by atoms with van der Waals surface area (Å²) in [6, 6.07) is 11.2. The second-order valence-electron chi connectivity index (χ2n) is 5.30. The Balaban J connectivity index is 1.71. The van der Waals surface area contributed by atoms with Crippen LogP contribution < -0.4 is 14.8 Å². The van der Waals surface area contributed by atoms with E-state index in [1.165, 1.54) is 7.11 Å². The third kappa shape index (κ3) is 3.83. The molecule has 25 heavy (non-hydrogen) atoms. The number of methoxy groups -OCH3 is 2. The summed E-state index contributed by atoms with van der Waals surface area (Å²) in [4.78, 5) is 15.9. The van der Waals surface area contributed by atoms with Crippen molar-refractivity contribution >= 4 is 33.3 Å². The Kier molecular flexibility index (Phi) is 5.04. The van der Waals surface area contributed by atoms with Crippen LogP contribution in [0.1, 0.15) is 10.6 Å². The number of benzene rings is 2. The minimum atomic E-state index is -0.500. The van der Waals surface area contributed by atoms with Crippen LogP contribution in [0, 0.1) is 6.92 Å². The number of carbonyl (C=O) groups excluding carboxylic acids is 1. The van der Waals surface area contributed by atoms with Crippen molar-refractivity contribution in [3.05, 3.63) is 47.0 Å². The molecule has 0 saturated heterocycles. The Labute approximate surface area is 149 Å². The summed E-state index contributed by atoms with van der Waals surface area (Å²) in [7, 11) is 2.98. The highest BCUT2D eigenvalue weighted by Crippen LogP contribution is 2.31. The molecule has 7 heteroatoms. The number of rotatable bonds is 5. The van der Waals surface area contributed by atoms with Gasteiger partial charge in [-0.1, -0.05) is 6.07 Å². The largest absolute Gasteiger partial charge is 0.495 e. The average molecular weight is 358 g/mol. The first kappa shape index (κ1) is 17.0. The molecule has 1 heterocycles. The maximum atomic E-state index is 11.3. The molecule has 0 atom stereocenters. The molecule has 0 fully saturated rings. The van der Waals surface area contributed by atoms with Crippen molar-refractivity contribution in [3.8, 4) is 11.5 Å². The number of aryl methyl sites for hydroxylation is 1. The maximum Gasteiger partial charge on any atom is 0.411 e. The zero-order chi connectivity index (χ0) is 17.8. The van der Waals surface area contributed by atoms with E-state index in [2.05, 4.69) is 15.0 Å². The SMILES string of the molecule is COC(=O)Nc1ccc(OCc2nc3cccc(OC)c3s2)cc1C. The zero-order valence-corrected chi connectivity index (χ0v) is 15.0. The van der Waals surface area contributed by atoms with Crippen molar-refractivity contribution in [2.75, 3.05) is 19.5 Å². The van der Waals surface area contributed by atoms with Gasteiger partial charge in [-0.2, -0.15) is 0 Å². The number of carbonyl (C=O) groups is 1. The molecule has 0 aliphatic carbocycles. The Bertz CT molecular complexity index is 907. The van der Waals surface area contributed by atoms with E-state index >= 15 is 0 Å². The topological polar surface area (TPSA) is 69.7 Å². The van der Waals surface area contributed by atoms with Crippen molar-refractivity contribution in [3.63, 3.8) is 0 Å². The molecule has 3 rings (SSSR count). The third-order valence-corrected chi connectivity index (χ3v) is 4.68. The summed E-state index contributed by atoms with van der Waals surface area (Å²) < 4.78 is 16.8. The summed E-state index contributed by atoms with van der Waals surface area (Å²) in [5.74, 6) is 1.52. The minimum absolute atomic E-state index is 0.367. The number of nitrogens with zero attached hydrogens (tertiary/aromatic N) is 1. The number of aromatic nitrogens is 1. The van der Waals surface area contributed by atoms with Crippen LogP contribution in [-0.4, -0.2) is 25.3 Å². The second-order valence-corrected chi connectivity index (χ2v) is 6.38. The molecule has 0 radical (unpaired) electrons. The van der Waals surface area contributed by atoms with Crippen LogP contribution in [0.25, 0.3) is 10.2 Å². The fraction of sp³-hybridized carbons (Fsp3) is 0.222. The Morgan fingerprint density at radius 1 is 1.24 bits per heavy atom. The second kappa shape index (κ2) is 7.40. The summed E-state index contributed by atoms with van der Waals surface area (Å²) in [5.41, 5.74) is 2.47. The van der Waals surface area contributed by atoms with Gasteiger partial charge in [-0.25, -0.2) is 9.78 Å². The fourth-order valence-electron chi connectivity index (χ4n) is 2.36. The third-order valence-electron chi connectivity index (χ3n) is 3.63. The van der Waals surface area contributed by atoms with Gasteiger partial charge in [0.15, 0.2) is 0 Å². The van der Waals surface area contributed by atoms with E-state index in [-0.39, 0.29) is 0 Å². The van der Waals surface area contributed by atoms with Crippen LogP contribution in [-0.2, 0) is 11.3 Å². The van der Waals surface area contributed by atoms with E-state index in [1.807, 2.05) is 31.2 Å². The van der Waals surface area contributed by atoms with E-state index in [0.29, 0.717) is 18.0 Å². The normalized spacial score (nSPS) is 10.5. The molecule has 6 nitrogen and oxygen atoms in total. The summed E-state index contributed by atoms with van der Waals surface area (Å²) >= 11 is 1.55. The Hall–Kier alpha value is -2.80. The smallest absolute Gasteiger partial charge is 0.411 e. The first-order valence-corrected chi connectivity index (χ1v) is 8.43. The van der Waals surface area contributed by atoms with Crippen molar-refractivity contribution in [1.29, 1.82) is 0 Å². The number of hydrogen-bond acceptors (Lipinski definition) is 6. The van der Waals surface area contributed by atoms with Crippen LogP contribution in [0.4, 0.5) is 10.5 Å². The van der Waals surface area contributed by atoms with Gasteiger partial charge >= 0.3 is 6.09 Å². The first-order valence-electron chi connectivity index (χ1n) is 7.61. The molecule has 0 bridgehead atoms. The Morgan fingerprint density at radius 2 is 2.08 bits per heavy atom. The molecule has 0 aliphatic heterocycles. The molecule has 130 valence electrons. The number of thiazole rings is 1. The van der Waals surface area contributed by atoms with Crippen LogP contribution in [0.5, 0.6) is 11.5 Å². The van der Waals surface area contributed by atoms with Gasteiger partial charge in [0.1, 0.15) is 23.1 Å². The number of nitrogens with one attached hydrogen (secondary N) is 1. The molecule has 0 unspecified atom stereocenters. The van der Waals surface area contributed by atoms with E-state index in [9.17, 15) is 4.79 Å². The fourth-order valence-corrected chi connectivity index (χ4v) is 3.33. The van der Waals surface area contributed by atoms with Crippen LogP contribution in [0.2, 0.25) is 0 Å². The molecule has 0 aliphatic rings. The van der Waals surface area contributed by atoms with E-state index < -0.39 is 6.09 Å². The number of hydrogen-bond donors (Lipinski definition) is 1. The molecule has 0 saturated carbocycles. The average Bonchev–Trinajstić information content (AvgIpc) is 3.04. The molecule has 1 N–H and O–H groups in total. The molecule has 3 aromatic rings. The highest BCUT2D eigenvalue weighted by Gasteiger charge is 2.10. The molecule has 1 aromatic heterocycles. The molecular weight excluding hydrogens is 340 g/mol. The number of anilines is 1. The van der Waals surface area contributed by atoms with E-state index in [0.717, 1.165) is 26.5 Å². The van der Waals surface area contributed by atoms with Gasteiger partial charge < -0.3 is 14.2 Å². The van der Waals surface area contributed by atoms with Crippen LogP contribution in [0.15, 0.2) is 36.4 Å². The van der Waals surface area contributed by atoms with Gasteiger partial charge in [0.2, 0.25) is 0 Å². The summed E-state index contributed by atoms with van der Waals surface area (Å²) in [6.45, 7) is 2.26. The van der Waals surface area contributed by atoms with Crippen molar-refractivity contribution in [1.82, 2.24) is 4.98 Å². The van der Waals surface area contributed by atoms with Crippen molar-refractivity contribution in [2.24, 2.45) is 0 Å². The molecule has 1 amide bonds. The van der Waals surface area contributed by atoms with E-state index in [1.54, 1.807) is 30.6 Å². The van der Waals surface area contributed by atoms with Gasteiger partial charge in [0.25, 0.3) is 0 Å². The van der Waals surface area contributed by atoms with Crippen molar-refractivity contribution in [2.45, 2.75) is 13.5 Å². The lowest BCUT2D eigenvalue weighted by Gasteiger charge is -2.10. The highest BCUT2D eigenvalue weighted by atomic mass is 32.1. The highest BCUT2D eigenvalue weighted by molar-refractivity contribution is 7.19. The van der Waals surface area contributed by atoms with Gasteiger partial charge in [-0.3, -0.25) is 5.32 Å². The molecule has 0 spiro atoms. The predicted molar refractivity (Wildman–Crippen MR) is 97.7 cm³/mol. The summed E-state index contributed by atoms with van der Waals surface area (Å²) in [5, 5.41) is 3.52. The standard InChI is InChI=1S/C18H18N2O4S/c1-11-9-12(7-8-13(11)20-18(21)23-3)24-10-16-19-14-5-4-6-15(22-2)17(14)25-16/h4-9H,10H2,1-3H3,(H,20,21). The van der Waals surface area contributed by atoms with Gasteiger partial charge in [0.05, 0.1) is 24.4 Å². The number of ether oxygens (including phenoxy) is 3. The lowest BCUT2D eigenvalue weighted by atomic mass is 10.2. The van der Waals surface area contributed by atoms with Gasteiger partial charge in [0, 0.05) is 5.69 Å². The first-order chi connectivity index (χ1) is 12.1. The minimum Gasteiger partial charge on any atom is -0.495 e. The quantitative estimate of drug-likeness (QED) is 0.733. The molecular formula is C18H18N2O4S. The van der Waals surface area contributed by atoms with Crippen LogP contribution in [0.3, 0.4) is 0 Å². The number of fused-ring (bicyclic) bond motifs is 1. The van der Waals surface area contributed by atoms with Crippen LogP contribution >= 0.6 is 11.3 Å². The Morgan fingerprint density at radius 3 is 2.80 bits per heavy atom. The summed E-state index contributed by atoms with van der Waals surface area (Å²) in [6.07, 6.45) is -0.500. The monoisotopic (exact) mass is 358 g/mol. The lowest BCUT2D eigenvalue weighted by Crippen LogP contribution is -2.11. The predicted octanol–water partition coefficient (Wildman–Crippen LogP) is 4.37. The van der Waals surface area contributed by atoms with Gasteiger partial charge in [-0.05, 0) is 42.8 Å².